The smallest absolute Gasteiger partial charge is 0.179 e. The van der Waals surface area contributed by atoms with Crippen molar-refractivity contribution >= 4 is 17.3 Å². The number of fused-ring (bicyclic) bond motifs is 1. The minimum atomic E-state index is -0.343. The van der Waals surface area contributed by atoms with Crippen LogP contribution < -0.4 is 19.5 Å². The van der Waals surface area contributed by atoms with Crippen molar-refractivity contribution in [3.05, 3.63) is 46.7 Å². The highest BCUT2D eigenvalue weighted by Gasteiger charge is 2.16. The summed E-state index contributed by atoms with van der Waals surface area (Å²) in [7, 11) is 1.50. The number of methoxy groups -OCH3 is 1. The molecule has 0 aliphatic carbocycles. The number of rotatable bonds is 4. The van der Waals surface area contributed by atoms with Crippen molar-refractivity contribution in [1.82, 2.24) is 0 Å². The lowest BCUT2D eigenvalue weighted by molar-refractivity contribution is 0.171. The van der Waals surface area contributed by atoms with Gasteiger partial charge in [0, 0.05) is 12.6 Å². The summed E-state index contributed by atoms with van der Waals surface area (Å²) in [5.74, 6) is 1.33. The Bertz CT molecular complexity index is 693. The van der Waals surface area contributed by atoms with E-state index < -0.39 is 0 Å². The molecule has 0 spiro atoms. The van der Waals surface area contributed by atoms with Crippen molar-refractivity contribution in [3.8, 4) is 17.2 Å². The van der Waals surface area contributed by atoms with Crippen LogP contribution in [0, 0.1) is 5.82 Å². The monoisotopic (exact) mass is 323 g/mol. The van der Waals surface area contributed by atoms with Gasteiger partial charge >= 0.3 is 0 Å². The van der Waals surface area contributed by atoms with Gasteiger partial charge in [0.05, 0.1) is 17.8 Å². The van der Waals surface area contributed by atoms with Gasteiger partial charge in [0.15, 0.2) is 11.5 Å². The number of nitrogens with one attached hydrogen (secondary N) is 1. The molecule has 1 aliphatic rings. The lowest BCUT2D eigenvalue weighted by Crippen LogP contribution is -2.16. The zero-order chi connectivity index (χ0) is 15.5. The maximum absolute atomic E-state index is 13.2. The fourth-order valence-corrected chi connectivity index (χ4v) is 2.56. The van der Waals surface area contributed by atoms with Crippen LogP contribution in [0.3, 0.4) is 0 Å². The van der Waals surface area contributed by atoms with Gasteiger partial charge in [-0.25, -0.2) is 4.39 Å². The molecule has 6 heteroatoms. The molecular weight excluding hydrogens is 309 g/mol. The van der Waals surface area contributed by atoms with E-state index in [4.69, 9.17) is 25.8 Å². The average Bonchev–Trinajstić information content (AvgIpc) is 2.53. The molecule has 0 saturated carbocycles. The third-order valence-corrected chi connectivity index (χ3v) is 3.58. The Labute approximate surface area is 132 Å². The first-order chi connectivity index (χ1) is 10.7. The van der Waals surface area contributed by atoms with Crippen molar-refractivity contribution < 1.29 is 18.6 Å². The van der Waals surface area contributed by atoms with Gasteiger partial charge in [-0.3, -0.25) is 0 Å². The summed E-state index contributed by atoms with van der Waals surface area (Å²) in [5.41, 5.74) is 1.63. The highest BCUT2D eigenvalue weighted by atomic mass is 35.5. The van der Waals surface area contributed by atoms with E-state index >= 15 is 0 Å². The minimum absolute atomic E-state index is 0.343. The Morgan fingerprint density at radius 3 is 2.86 bits per heavy atom. The largest absolute Gasteiger partial charge is 0.494 e. The zero-order valence-corrected chi connectivity index (χ0v) is 12.7. The number of hydrogen-bond donors (Lipinski definition) is 1. The molecule has 22 heavy (non-hydrogen) atoms. The van der Waals surface area contributed by atoms with Crippen molar-refractivity contribution in [2.24, 2.45) is 0 Å². The molecule has 1 N–H and O–H groups in total. The summed E-state index contributed by atoms with van der Waals surface area (Å²) in [5, 5.41) is 3.71. The van der Waals surface area contributed by atoms with Gasteiger partial charge in [-0.15, -0.1) is 0 Å². The van der Waals surface area contributed by atoms with E-state index in [0.717, 1.165) is 5.56 Å². The highest BCUT2D eigenvalue weighted by molar-refractivity contribution is 6.32. The predicted molar refractivity (Wildman–Crippen MR) is 82.7 cm³/mol. The zero-order valence-electron chi connectivity index (χ0n) is 12.0. The Morgan fingerprint density at radius 1 is 1.23 bits per heavy atom. The first-order valence-corrected chi connectivity index (χ1v) is 7.20. The molecule has 2 aromatic rings. The molecule has 1 aliphatic heterocycles. The lowest BCUT2D eigenvalue weighted by atomic mass is 10.2. The summed E-state index contributed by atoms with van der Waals surface area (Å²) in [4.78, 5) is 0. The van der Waals surface area contributed by atoms with Gasteiger partial charge in [-0.2, -0.15) is 0 Å². The number of anilines is 1. The maximum atomic E-state index is 13.2. The Hall–Kier alpha value is -2.14. The van der Waals surface area contributed by atoms with Crippen molar-refractivity contribution in [3.63, 3.8) is 0 Å². The van der Waals surface area contributed by atoms with Gasteiger partial charge in [-0.05, 0) is 29.8 Å². The Kier molecular flexibility index (Phi) is 4.24. The van der Waals surface area contributed by atoms with Crippen LogP contribution in [-0.2, 0) is 6.54 Å². The fraction of sp³-hybridized carbons (Fsp3) is 0.250. The van der Waals surface area contributed by atoms with Gasteiger partial charge in [0.2, 0.25) is 0 Å². The third-order valence-electron chi connectivity index (χ3n) is 3.30. The van der Waals surface area contributed by atoms with Gasteiger partial charge < -0.3 is 19.5 Å². The first-order valence-electron chi connectivity index (χ1n) is 6.83. The number of halogens is 2. The predicted octanol–water partition coefficient (Wildman–Crippen LogP) is 3.87. The van der Waals surface area contributed by atoms with Crippen molar-refractivity contribution in [1.29, 1.82) is 0 Å². The molecule has 2 aromatic carbocycles. The standard InChI is InChI=1S/C16H15ClFNO3/c1-20-14-8-11(18)2-3-13(14)19-9-10-6-12(17)16-15(7-10)21-4-5-22-16/h2-3,6-8,19H,4-5,9H2,1H3. The van der Waals surface area contributed by atoms with Crippen LogP contribution in [-0.4, -0.2) is 20.3 Å². The molecule has 0 bridgehead atoms. The third kappa shape index (κ3) is 3.04. The van der Waals surface area contributed by atoms with Crippen LogP contribution in [0.25, 0.3) is 0 Å². The maximum Gasteiger partial charge on any atom is 0.179 e. The summed E-state index contributed by atoms with van der Waals surface area (Å²) in [6, 6.07) is 8.04. The van der Waals surface area contributed by atoms with E-state index in [9.17, 15) is 4.39 Å². The second kappa shape index (κ2) is 6.32. The van der Waals surface area contributed by atoms with E-state index in [1.165, 1.54) is 19.2 Å². The second-order valence-corrected chi connectivity index (χ2v) is 5.21. The SMILES string of the molecule is COc1cc(F)ccc1NCc1cc(Cl)c2c(c1)OCCO2. The quantitative estimate of drug-likeness (QED) is 0.927. The van der Waals surface area contributed by atoms with Gasteiger partial charge in [-0.1, -0.05) is 11.6 Å². The molecule has 3 rings (SSSR count). The Morgan fingerprint density at radius 2 is 2.05 bits per heavy atom. The van der Waals surface area contributed by atoms with Crippen LogP contribution >= 0.6 is 11.6 Å². The van der Waals surface area contributed by atoms with Crippen LogP contribution in [0.1, 0.15) is 5.56 Å². The average molecular weight is 324 g/mol. The Balaban J connectivity index is 1.78. The van der Waals surface area contributed by atoms with E-state index in [2.05, 4.69) is 5.32 Å². The summed E-state index contributed by atoms with van der Waals surface area (Å²) in [6.45, 7) is 1.50. The van der Waals surface area contributed by atoms with Crippen LogP contribution in [0.5, 0.6) is 17.2 Å². The molecular formula is C16H15ClFNO3. The molecule has 0 saturated heterocycles. The van der Waals surface area contributed by atoms with Crippen molar-refractivity contribution in [2.75, 3.05) is 25.6 Å². The van der Waals surface area contributed by atoms with Crippen molar-refractivity contribution in [2.45, 2.75) is 6.54 Å². The number of hydrogen-bond acceptors (Lipinski definition) is 4. The topological polar surface area (TPSA) is 39.7 Å². The minimum Gasteiger partial charge on any atom is -0.494 e. The van der Waals surface area contributed by atoms with Crippen LogP contribution in [0.15, 0.2) is 30.3 Å². The second-order valence-electron chi connectivity index (χ2n) is 4.80. The first kappa shape index (κ1) is 14.8. The fourth-order valence-electron chi connectivity index (χ4n) is 2.27. The van der Waals surface area contributed by atoms with Crippen LogP contribution in [0.4, 0.5) is 10.1 Å². The molecule has 0 fully saturated rings. The van der Waals surface area contributed by atoms with Gasteiger partial charge in [0.1, 0.15) is 24.8 Å². The molecule has 0 amide bonds. The van der Waals surface area contributed by atoms with Gasteiger partial charge in [0.25, 0.3) is 0 Å². The number of benzene rings is 2. The molecule has 116 valence electrons. The van der Waals surface area contributed by atoms with E-state index in [0.29, 0.717) is 47.7 Å². The molecule has 0 radical (unpaired) electrons. The molecule has 0 unspecified atom stereocenters. The van der Waals surface area contributed by atoms with E-state index in [1.54, 1.807) is 6.07 Å². The molecule has 0 atom stereocenters. The molecule has 1 heterocycles. The van der Waals surface area contributed by atoms with E-state index in [1.807, 2.05) is 12.1 Å². The lowest BCUT2D eigenvalue weighted by Gasteiger charge is -2.20. The van der Waals surface area contributed by atoms with Crippen LogP contribution in [0.2, 0.25) is 5.02 Å². The highest BCUT2D eigenvalue weighted by Crippen LogP contribution is 2.38. The van der Waals surface area contributed by atoms with E-state index in [-0.39, 0.29) is 5.82 Å². The summed E-state index contributed by atoms with van der Waals surface area (Å²) in [6.07, 6.45) is 0. The summed E-state index contributed by atoms with van der Waals surface area (Å²) >= 11 is 6.20. The summed E-state index contributed by atoms with van der Waals surface area (Å²) < 4.78 is 29.4. The molecule has 4 nitrogen and oxygen atoms in total. The normalized spacial score (nSPS) is 12.9. The number of ether oxygens (including phenoxy) is 3. The molecule has 0 aromatic heterocycles.